The fraction of sp³-hybridized carbons (Fsp3) is 0.333. The Hall–Kier alpha value is -0.560. The summed E-state index contributed by atoms with van der Waals surface area (Å²) in [4.78, 5) is 0. The summed E-state index contributed by atoms with van der Waals surface area (Å²) in [7, 11) is 0. The van der Waals surface area contributed by atoms with E-state index in [1.807, 2.05) is 6.07 Å². The van der Waals surface area contributed by atoms with E-state index in [2.05, 4.69) is 61.0 Å². The largest absolute Gasteiger partial charge is 0.0784 e. The molecule has 0 spiro atoms. The Labute approximate surface area is 88.8 Å². The Morgan fingerprint density at radius 1 is 1.31 bits per heavy atom. The number of hydrogen-bond acceptors (Lipinski definition) is 0. The van der Waals surface area contributed by atoms with E-state index in [9.17, 15) is 0 Å². The van der Waals surface area contributed by atoms with Crippen LogP contribution >= 0.6 is 15.9 Å². The van der Waals surface area contributed by atoms with Crippen LogP contribution in [0.3, 0.4) is 0 Å². The predicted octanol–water partition coefficient (Wildman–Crippen LogP) is 4.51. The monoisotopic (exact) mass is 238 g/mol. The van der Waals surface area contributed by atoms with Crippen molar-refractivity contribution in [2.75, 3.05) is 0 Å². The second-order valence-corrected chi connectivity index (χ2v) is 4.43. The van der Waals surface area contributed by atoms with Gasteiger partial charge < -0.3 is 0 Å². The normalized spacial score (nSPS) is 12.2. The molecule has 1 rings (SSSR count). The number of hydrogen-bond donors (Lipinski definition) is 0. The van der Waals surface area contributed by atoms with Gasteiger partial charge in [-0.15, -0.1) is 0 Å². The lowest BCUT2D eigenvalue weighted by Crippen LogP contribution is -1.85. The molecule has 0 amide bonds. The van der Waals surface area contributed by atoms with E-state index in [-0.39, 0.29) is 0 Å². The molecule has 0 radical (unpaired) electrons. The van der Waals surface area contributed by atoms with E-state index in [1.54, 1.807) is 0 Å². The summed E-state index contributed by atoms with van der Waals surface area (Å²) in [5.74, 6) is 0.604. The van der Waals surface area contributed by atoms with Crippen molar-refractivity contribution in [3.8, 4) is 0 Å². The fourth-order valence-corrected chi connectivity index (χ4v) is 1.97. The second-order valence-electron chi connectivity index (χ2n) is 3.57. The van der Waals surface area contributed by atoms with E-state index in [1.165, 1.54) is 15.6 Å². The minimum absolute atomic E-state index is 0.604. The smallest absolute Gasteiger partial charge is 0.0250 e. The van der Waals surface area contributed by atoms with Crippen molar-refractivity contribution < 1.29 is 0 Å². The van der Waals surface area contributed by atoms with E-state index < -0.39 is 0 Å². The summed E-state index contributed by atoms with van der Waals surface area (Å²) < 4.78 is 1.17. The first kappa shape index (κ1) is 10.5. The standard InChI is InChI=1S/C12H15Br/c1-9(2)8-10(3)11-6-4-5-7-12(11)13/h4-9H,1-3H3/b10-8+. The van der Waals surface area contributed by atoms with Gasteiger partial charge in [0, 0.05) is 4.47 Å². The fourth-order valence-electron chi connectivity index (χ4n) is 1.37. The minimum atomic E-state index is 0.604. The summed E-state index contributed by atoms with van der Waals surface area (Å²) in [5, 5.41) is 0. The molecule has 1 aromatic rings. The number of halogens is 1. The number of rotatable bonds is 2. The van der Waals surface area contributed by atoms with Crippen LogP contribution in [0.25, 0.3) is 5.57 Å². The first-order chi connectivity index (χ1) is 6.11. The van der Waals surface area contributed by atoms with Crippen molar-refractivity contribution >= 4 is 21.5 Å². The van der Waals surface area contributed by atoms with Gasteiger partial charge in [0.05, 0.1) is 0 Å². The van der Waals surface area contributed by atoms with Crippen molar-refractivity contribution in [1.82, 2.24) is 0 Å². The van der Waals surface area contributed by atoms with Crippen LogP contribution in [0.1, 0.15) is 26.3 Å². The summed E-state index contributed by atoms with van der Waals surface area (Å²) in [6, 6.07) is 8.32. The van der Waals surface area contributed by atoms with Crippen LogP contribution in [-0.4, -0.2) is 0 Å². The van der Waals surface area contributed by atoms with Gasteiger partial charge in [-0.1, -0.05) is 54.1 Å². The molecule has 1 aromatic carbocycles. The van der Waals surface area contributed by atoms with Crippen molar-refractivity contribution in [2.24, 2.45) is 5.92 Å². The highest BCUT2D eigenvalue weighted by atomic mass is 79.9. The summed E-state index contributed by atoms with van der Waals surface area (Å²) in [6.45, 7) is 6.54. The molecule has 0 saturated carbocycles. The Morgan fingerprint density at radius 2 is 1.92 bits per heavy atom. The maximum atomic E-state index is 3.55. The lowest BCUT2D eigenvalue weighted by molar-refractivity contribution is 0.833. The van der Waals surface area contributed by atoms with E-state index in [0.717, 1.165) is 0 Å². The Balaban J connectivity index is 3.02. The molecule has 0 fully saturated rings. The van der Waals surface area contributed by atoms with Gasteiger partial charge in [-0.05, 0) is 30.0 Å². The molecule has 0 bridgehead atoms. The van der Waals surface area contributed by atoms with Crippen LogP contribution in [0, 0.1) is 5.92 Å². The van der Waals surface area contributed by atoms with Gasteiger partial charge in [0.25, 0.3) is 0 Å². The lowest BCUT2D eigenvalue weighted by Gasteiger charge is -2.05. The van der Waals surface area contributed by atoms with Gasteiger partial charge in [0.1, 0.15) is 0 Å². The molecule has 70 valence electrons. The van der Waals surface area contributed by atoms with Gasteiger partial charge in [-0.25, -0.2) is 0 Å². The minimum Gasteiger partial charge on any atom is -0.0784 e. The molecule has 0 nitrogen and oxygen atoms in total. The predicted molar refractivity (Wildman–Crippen MR) is 62.6 cm³/mol. The Morgan fingerprint density at radius 3 is 2.46 bits per heavy atom. The van der Waals surface area contributed by atoms with Crippen molar-refractivity contribution in [2.45, 2.75) is 20.8 Å². The lowest BCUT2D eigenvalue weighted by atomic mass is 10.0. The molecule has 0 N–H and O–H groups in total. The molecule has 0 heterocycles. The average molecular weight is 239 g/mol. The topological polar surface area (TPSA) is 0 Å². The molecular weight excluding hydrogens is 224 g/mol. The van der Waals surface area contributed by atoms with Crippen molar-refractivity contribution in [1.29, 1.82) is 0 Å². The molecule has 0 saturated heterocycles. The molecular formula is C12H15Br. The van der Waals surface area contributed by atoms with Gasteiger partial charge in [-0.3, -0.25) is 0 Å². The maximum absolute atomic E-state index is 3.55. The zero-order chi connectivity index (χ0) is 9.84. The maximum Gasteiger partial charge on any atom is 0.0250 e. The zero-order valence-corrected chi connectivity index (χ0v) is 9.93. The van der Waals surface area contributed by atoms with E-state index >= 15 is 0 Å². The Kier molecular flexibility index (Phi) is 3.73. The first-order valence-corrected chi connectivity index (χ1v) is 5.34. The quantitative estimate of drug-likeness (QED) is 0.712. The average Bonchev–Trinajstić information content (AvgIpc) is 2.03. The molecule has 0 aliphatic heterocycles. The van der Waals surface area contributed by atoms with Gasteiger partial charge in [-0.2, -0.15) is 0 Å². The second kappa shape index (κ2) is 4.61. The molecule has 0 atom stereocenters. The highest BCUT2D eigenvalue weighted by Crippen LogP contribution is 2.24. The summed E-state index contributed by atoms with van der Waals surface area (Å²) in [6.07, 6.45) is 2.28. The summed E-state index contributed by atoms with van der Waals surface area (Å²) >= 11 is 3.55. The van der Waals surface area contributed by atoms with Crippen LogP contribution in [0.4, 0.5) is 0 Å². The SMILES string of the molecule is C/C(=C\C(C)C)c1ccccc1Br. The summed E-state index contributed by atoms with van der Waals surface area (Å²) in [5.41, 5.74) is 2.62. The number of benzene rings is 1. The van der Waals surface area contributed by atoms with Crippen LogP contribution in [0.5, 0.6) is 0 Å². The highest BCUT2D eigenvalue weighted by Gasteiger charge is 2.00. The highest BCUT2D eigenvalue weighted by molar-refractivity contribution is 9.10. The third kappa shape index (κ3) is 3.00. The third-order valence-corrected chi connectivity index (χ3v) is 2.57. The molecule has 0 aromatic heterocycles. The molecule has 0 aliphatic rings. The van der Waals surface area contributed by atoms with E-state index in [0.29, 0.717) is 5.92 Å². The van der Waals surface area contributed by atoms with Crippen molar-refractivity contribution in [3.63, 3.8) is 0 Å². The molecule has 0 unspecified atom stereocenters. The Bertz CT molecular complexity index is 311. The first-order valence-electron chi connectivity index (χ1n) is 4.54. The van der Waals surface area contributed by atoms with Crippen LogP contribution in [0.15, 0.2) is 34.8 Å². The molecule has 1 heteroatoms. The number of allylic oxidation sites excluding steroid dienone is 2. The molecule has 13 heavy (non-hydrogen) atoms. The van der Waals surface area contributed by atoms with Crippen LogP contribution in [0.2, 0.25) is 0 Å². The van der Waals surface area contributed by atoms with Crippen LogP contribution in [-0.2, 0) is 0 Å². The van der Waals surface area contributed by atoms with E-state index in [4.69, 9.17) is 0 Å². The van der Waals surface area contributed by atoms with Gasteiger partial charge >= 0.3 is 0 Å². The third-order valence-electron chi connectivity index (χ3n) is 1.88. The van der Waals surface area contributed by atoms with Gasteiger partial charge in [0.2, 0.25) is 0 Å². The van der Waals surface area contributed by atoms with Crippen molar-refractivity contribution in [3.05, 3.63) is 40.4 Å². The molecule has 0 aliphatic carbocycles. The zero-order valence-electron chi connectivity index (χ0n) is 8.34. The van der Waals surface area contributed by atoms with Crippen LogP contribution < -0.4 is 0 Å². The van der Waals surface area contributed by atoms with Gasteiger partial charge in [0.15, 0.2) is 0 Å².